The van der Waals surface area contributed by atoms with Crippen molar-refractivity contribution in [1.82, 2.24) is 0 Å². The Hall–Kier alpha value is -3.06. The maximum absolute atomic E-state index is 12.3. The Morgan fingerprint density at radius 1 is 1.24 bits per heavy atom. The van der Waals surface area contributed by atoms with Crippen molar-refractivity contribution < 1.29 is 23.9 Å². The Labute approximate surface area is 173 Å². The second-order valence-electron chi connectivity index (χ2n) is 6.68. The van der Waals surface area contributed by atoms with Crippen molar-refractivity contribution >= 4 is 40.8 Å². The number of carbonyl (C=O) groups is 3. The minimum Gasteiger partial charge on any atom is -0.497 e. The number of ether oxygens (including phenoxy) is 2. The predicted molar refractivity (Wildman–Crippen MR) is 109 cm³/mol. The standard InChI is InChI=1S/C21H21ClN2O5/c1-13-17(22)7-4-8-18(13)23-19(25)12-29-21(27)14-9-20(26)24(11-14)15-5-3-6-16(10-15)28-2/h3-8,10,14H,9,11-12H2,1-2H3,(H,23,25)/t14-/m1/s1. The zero-order valence-electron chi connectivity index (χ0n) is 16.1. The molecule has 1 aliphatic heterocycles. The number of hydrogen-bond donors (Lipinski definition) is 1. The smallest absolute Gasteiger partial charge is 0.311 e. The summed E-state index contributed by atoms with van der Waals surface area (Å²) in [4.78, 5) is 38.3. The molecule has 152 valence electrons. The van der Waals surface area contributed by atoms with E-state index >= 15 is 0 Å². The summed E-state index contributed by atoms with van der Waals surface area (Å²) in [5.41, 5.74) is 1.93. The van der Waals surface area contributed by atoms with E-state index in [-0.39, 0.29) is 18.9 Å². The number of methoxy groups -OCH3 is 1. The summed E-state index contributed by atoms with van der Waals surface area (Å²) in [5.74, 6) is -1.25. The third-order valence-electron chi connectivity index (χ3n) is 4.71. The van der Waals surface area contributed by atoms with Crippen molar-refractivity contribution in [3.8, 4) is 5.75 Å². The van der Waals surface area contributed by atoms with Gasteiger partial charge in [-0.05, 0) is 36.8 Å². The van der Waals surface area contributed by atoms with Gasteiger partial charge in [0.25, 0.3) is 5.91 Å². The number of esters is 1. The van der Waals surface area contributed by atoms with Crippen LogP contribution >= 0.6 is 11.6 Å². The van der Waals surface area contributed by atoms with Crippen molar-refractivity contribution in [1.29, 1.82) is 0 Å². The molecule has 8 heteroatoms. The zero-order valence-corrected chi connectivity index (χ0v) is 16.9. The van der Waals surface area contributed by atoms with Crippen LogP contribution in [-0.4, -0.2) is 38.0 Å². The van der Waals surface area contributed by atoms with Gasteiger partial charge in [0.1, 0.15) is 5.75 Å². The van der Waals surface area contributed by atoms with Crippen molar-refractivity contribution in [3.05, 3.63) is 53.1 Å². The van der Waals surface area contributed by atoms with Gasteiger partial charge < -0.3 is 19.7 Å². The summed E-state index contributed by atoms with van der Waals surface area (Å²) in [5, 5.41) is 3.19. The highest BCUT2D eigenvalue weighted by Gasteiger charge is 2.36. The molecule has 29 heavy (non-hydrogen) atoms. The van der Waals surface area contributed by atoms with Gasteiger partial charge in [-0.25, -0.2) is 0 Å². The highest BCUT2D eigenvalue weighted by Crippen LogP contribution is 2.28. The third-order valence-corrected chi connectivity index (χ3v) is 5.12. The Kier molecular flexibility index (Phi) is 6.39. The van der Waals surface area contributed by atoms with Gasteiger partial charge in [-0.2, -0.15) is 0 Å². The molecule has 1 saturated heterocycles. The Bertz CT molecular complexity index is 946. The highest BCUT2D eigenvalue weighted by molar-refractivity contribution is 6.31. The van der Waals surface area contributed by atoms with E-state index in [1.807, 2.05) is 0 Å². The maximum Gasteiger partial charge on any atom is 0.311 e. The van der Waals surface area contributed by atoms with Crippen molar-refractivity contribution in [2.75, 3.05) is 30.5 Å². The summed E-state index contributed by atoms with van der Waals surface area (Å²) in [7, 11) is 1.54. The molecule has 0 spiro atoms. The summed E-state index contributed by atoms with van der Waals surface area (Å²) in [6.45, 7) is 1.54. The topological polar surface area (TPSA) is 84.9 Å². The van der Waals surface area contributed by atoms with Crippen LogP contribution < -0.4 is 15.0 Å². The van der Waals surface area contributed by atoms with E-state index in [1.54, 1.807) is 56.5 Å². The van der Waals surface area contributed by atoms with Crippen LogP contribution in [0.1, 0.15) is 12.0 Å². The molecule has 1 heterocycles. The second kappa shape index (κ2) is 8.96. The monoisotopic (exact) mass is 416 g/mol. The van der Waals surface area contributed by atoms with Crippen molar-refractivity contribution in [2.45, 2.75) is 13.3 Å². The Balaban J connectivity index is 1.55. The SMILES string of the molecule is COc1cccc(N2C[C@H](C(=O)OCC(=O)Nc3cccc(Cl)c3C)CC2=O)c1. The Morgan fingerprint density at radius 2 is 2.00 bits per heavy atom. The molecule has 2 aromatic rings. The van der Waals surface area contributed by atoms with E-state index in [0.29, 0.717) is 22.1 Å². The molecule has 1 fully saturated rings. The number of amides is 2. The molecule has 3 rings (SSSR count). The molecule has 0 aliphatic carbocycles. The summed E-state index contributed by atoms with van der Waals surface area (Å²) in [6.07, 6.45) is 0.0328. The lowest BCUT2D eigenvalue weighted by Gasteiger charge is -2.17. The van der Waals surface area contributed by atoms with E-state index in [4.69, 9.17) is 21.1 Å². The first-order valence-electron chi connectivity index (χ1n) is 9.05. The minimum absolute atomic E-state index is 0.0328. The zero-order chi connectivity index (χ0) is 21.0. The summed E-state index contributed by atoms with van der Waals surface area (Å²) < 4.78 is 10.3. The van der Waals surface area contributed by atoms with Crippen LogP contribution in [0.4, 0.5) is 11.4 Å². The van der Waals surface area contributed by atoms with E-state index in [9.17, 15) is 14.4 Å². The molecule has 1 N–H and O–H groups in total. The number of anilines is 2. The van der Waals surface area contributed by atoms with Crippen LogP contribution in [0.2, 0.25) is 5.02 Å². The average Bonchev–Trinajstić information content (AvgIpc) is 3.11. The second-order valence-corrected chi connectivity index (χ2v) is 7.08. The number of hydrogen-bond acceptors (Lipinski definition) is 5. The van der Waals surface area contributed by atoms with Gasteiger partial charge in [0.15, 0.2) is 6.61 Å². The maximum atomic E-state index is 12.3. The lowest BCUT2D eigenvalue weighted by atomic mass is 10.1. The Morgan fingerprint density at radius 3 is 2.76 bits per heavy atom. The largest absolute Gasteiger partial charge is 0.497 e. The number of carbonyl (C=O) groups excluding carboxylic acids is 3. The van der Waals surface area contributed by atoms with Crippen LogP contribution in [-0.2, 0) is 19.1 Å². The quantitative estimate of drug-likeness (QED) is 0.731. The van der Waals surface area contributed by atoms with Gasteiger partial charge in [-0.15, -0.1) is 0 Å². The van der Waals surface area contributed by atoms with Crippen LogP contribution in [0.5, 0.6) is 5.75 Å². The van der Waals surface area contributed by atoms with Gasteiger partial charge in [0.2, 0.25) is 5.91 Å². The fourth-order valence-electron chi connectivity index (χ4n) is 3.08. The molecule has 1 aliphatic rings. The lowest BCUT2D eigenvalue weighted by molar-refractivity contribution is -0.151. The van der Waals surface area contributed by atoms with Crippen molar-refractivity contribution in [3.63, 3.8) is 0 Å². The third kappa shape index (κ3) is 4.86. The van der Waals surface area contributed by atoms with E-state index in [0.717, 1.165) is 5.56 Å². The molecular weight excluding hydrogens is 396 g/mol. The van der Waals surface area contributed by atoms with Gasteiger partial charge in [-0.1, -0.05) is 23.7 Å². The van der Waals surface area contributed by atoms with Gasteiger partial charge in [0, 0.05) is 35.4 Å². The molecule has 0 bridgehead atoms. The highest BCUT2D eigenvalue weighted by atomic mass is 35.5. The summed E-state index contributed by atoms with van der Waals surface area (Å²) >= 11 is 6.03. The normalized spacial score (nSPS) is 15.9. The lowest BCUT2D eigenvalue weighted by Crippen LogP contribution is -2.28. The number of nitrogens with zero attached hydrogens (tertiary/aromatic N) is 1. The van der Waals surface area contributed by atoms with Crippen LogP contribution in [0.25, 0.3) is 0 Å². The number of nitrogens with one attached hydrogen (secondary N) is 1. The molecular formula is C21H21ClN2O5. The van der Waals surface area contributed by atoms with Gasteiger partial charge in [0.05, 0.1) is 13.0 Å². The molecule has 2 amide bonds. The predicted octanol–water partition coefficient (Wildman–Crippen LogP) is 3.19. The van der Waals surface area contributed by atoms with Crippen molar-refractivity contribution in [2.24, 2.45) is 5.92 Å². The molecule has 0 unspecified atom stereocenters. The van der Waals surface area contributed by atoms with Crippen LogP contribution in [0.3, 0.4) is 0 Å². The summed E-state index contributed by atoms with van der Waals surface area (Å²) in [6, 6.07) is 12.2. The number of rotatable bonds is 6. The first-order valence-corrected chi connectivity index (χ1v) is 9.43. The minimum atomic E-state index is -0.630. The van der Waals surface area contributed by atoms with E-state index in [1.165, 1.54) is 4.90 Å². The molecule has 1 atom stereocenters. The molecule has 7 nitrogen and oxygen atoms in total. The fraction of sp³-hybridized carbons (Fsp3) is 0.286. The first-order chi connectivity index (χ1) is 13.9. The molecule has 2 aromatic carbocycles. The molecule has 0 radical (unpaired) electrons. The average molecular weight is 417 g/mol. The first kappa shape index (κ1) is 20.7. The van der Waals surface area contributed by atoms with Crippen LogP contribution in [0.15, 0.2) is 42.5 Å². The van der Waals surface area contributed by atoms with Gasteiger partial charge >= 0.3 is 5.97 Å². The van der Waals surface area contributed by atoms with E-state index < -0.39 is 24.4 Å². The fourth-order valence-corrected chi connectivity index (χ4v) is 3.25. The number of benzene rings is 2. The van der Waals surface area contributed by atoms with Gasteiger partial charge in [-0.3, -0.25) is 14.4 Å². The molecule has 0 aromatic heterocycles. The molecule has 0 saturated carbocycles. The van der Waals surface area contributed by atoms with Crippen LogP contribution in [0, 0.1) is 12.8 Å². The van der Waals surface area contributed by atoms with E-state index in [2.05, 4.69) is 5.32 Å². The number of halogens is 1.